The number of aromatic nitrogens is 4. The highest BCUT2D eigenvalue weighted by atomic mass is 28.4. The monoisotopic (exact) mass is 768 g/mol. The Morgan fingerprint density at radius 3 is 1.64 bits per heavy atom. The van der Waals surface area contributed by atoms with Crippen LogP contribution in [0.2, 0.25) is 18.1 Å². The largest absolute Gasteiger partial charge is 0.491 e. The summed E-state index contributed by atoms with van der Waals surface area (Å²) in [4.78, 5) is 31.6. The van der Waals surface area contributed by atoms with Crippen molar-refractivity contribution in [2.24, 2.45) is 11.5 Å². The van der Waals surface area contributed by atoms with Gasteiger partial charge < -0.3 is 49.8 Å². The number of nitrogens with two attached hydrogens (primary N) is 2. The molecule has 0 spiro atoms. The molecule has 2 aromatic heterocycles. The molecule has 2 aliphatic heterocycles. The fourth-order valence-corrected chi connectivity index (χ4v) is 6.27. The summed E-state index contributed by atoms with van der Waals surface area (Å²) in [5.41, 5.74) is 11.1. The maximum absolute atomic E-state index is 11.5. The van der Waals surface area contributed by atoms with Gasteiger partial charge in [0.15, 0.2) is 8.32 Å². The van der Waals surface area contributed by atoms with Crippen molar-refractivity contribution in [2.75, 3.05) is 26.4 Å². The van der Waals surface area contributed by atoms with Gasteiger partial charge in [0, 0.05) is 23.5 Å². The standard InChI is InChI=1S/C23H31N3O4Si.C17H17N3O4/c1-22(2,3)31(5,6)30-15-23(4,28)10-9-16-7-8-19-17(13-16)21-25-18(20(24)27)14-26(21)11-12-29-19;1-17(23,10-21)5-4-11-2-3-14-12(8-11)16-19-13(15(18)22)9-20(16)6-7-24-14/h7-8,13-14,28H,11-12,15H2,1-6H3,(H2,24,27);2-3,8-9,21,23H,6-7,10H2,1H3,(H2,18,22). The molecule has 2 unspecified atom stereocenters. The Morgan fingerprint density at radius 1 is 0.800 bits per heavy atom. The summed E-state index contributed by atoms with van der Waals surface area (Å²) in [6.45, 7) is 15.5. The molecule has 2 atom stereocenters. The third kappa shape index (κ3) is 9.82. The van der Waals surface area contributed by atoms with E-state index in [9.17, 15) is 19.8 Å². The number of hydrogen-bond donors (Lipinski definition) is 5. The molecule has 2 amide bonds. The second-order valence-corrected chi connectivity index (χ2v) is 20.2. The topological polar surface area (TPSA) is 210 Å². The summed E-state index contributed by atoms with van der Waals surface area (Å²) < 4.78 is 21.3. The van der Waals surface area contributed by atoms with Gasteiger partial charge in [-0.15, -0.1) is 0 Å². The molecule has 0 bridgehead atoms. The Morgan fingerprint density at radius 2 is 1.24 bits per heavy atom. The number of amides is 2. The van der Waals surface area contributed by atoms with Gasteiger partial charge in [-0.1, -0.05) is 44.5 Å². The minimum absolute atomic E-state index is 0.0548. The van der Waals surface area contributed by atoms with E-state index in [2.05, 4.69) is 67.5 Å². The van der Waals surface area contributed by atoms with Crippen LogP contribution in [-0.4, -0.2) is 92.2 Å². The molecular formula is C40H48N6O8Si. The van der Waals surface area contributed by atoms with E-state index in [4.69, 9.17) is 30.5 Å². The zero-order valence-corrected chi connectivity index (χ0v) is 33.2. The number of aliphatic hydroxyl groups is 3. The number of nitrogens with zero attached hydrogens (tertiary/aromatic N) is 4. The number of ether oxygens (including phenoxy) is 2. The van der Waals surface area contributed by atoms with Crippen molar-refractivity contribution in [3.63, 3.8) is 0 Å². The normalized spacial score (nSPS) is 15.2. The minimum Gasteiger partial charge on any atom is -0.491 e. The number of carbonyl (C=O) groups is 2. The number of fused-ring (bicyclic) bond motifs is 6. The Kier molecular flexibility index (Phi) is 11.7. The number of primary amides is 2. The van der Waals surface area contributed by atoms with Crippen LogP contribution in [0.1, 0.15) is 66.7 Å². The van der Waals surface area contributed by atoms with Crippen molar-refractivity contribution in [1.82, 2.24) is 19.1 Å². The first-order chi connectivity index (χ1) is 25.7. The van der Waals surface area contributed by atoms with Gasteiger partial charge in [0.2, 0.25) is 0 Å². The first-order valence-corrected chi connectivity index (χ1v) is 20.6. The highest BCUT2D eigenvalue weighted by molar-refractivity contribution is 6.74. The minimum atomic E-state index is -1.99. The quantitative estimate of drug-likeness (QED) is 0.143. The Labute approximate surface area is 321 Å². The third-order valence-corrected chi connectivity index (χ3v) is 13.9. The van der Waals surface area contributed by atoms with Crippen LogP contribution in [0, 0.1) is 23.7 Å². The zero-order chi connectivity index (χ0) is 40.3. The van der Waals surface area contributed by atoms with Crippen LogP contribution < -0.4 is 20.9 Å². The van der Waals surface area contributed by atoms with Gasteiger partial charge in [0.1, 0.15) is 59.0 Å². The van der Waals surface area contributed by atoms with Crippen LogP contribution >= 0.6 is 0 Å². The molecule has 14 nitrogen and oxygen atoms in total. The lowest BCUT2D eigenvalue weighted by Crippen LogP contribution is -2.45. The van der Waals surface area contributed by atoms with Gasteiger partial charge in [-0.2, -0.15) is 0 Å². The number of rotatable bonds is 6. The van der Waals surface area contributed by atoms with Crippen molar-refractivity contribution < 1.29 is 38.8 Å². The first-order valence-electron chi connectivity index (χ1n) is 17.7. The molecule has 2 aromatic carbocycles. The van der Waals surface area contributed by atoms with Crippen molar-refractivity contribution >= 4 is 20.1 Å². The molecule has 2 aliphatic rings. The highest BCUT2D eigenvalue weighted by Gasteiger charge is 2.38. The van der Waals surface area contributed by atoms with E-state index in [-0.39, 0.29) is 23.0 Å². The van der Waals surface area contributed by atoms with E-state index in [1.165, 1.54) is 6.92 Å². The van der Waals surface area contributed by atoms with Crippen molar-refractivity contribution in [3.8, 4) is 58.0 Å². The van der Waals surface area contributed by atoms with Gasteiger partial charge in [0.05, 0.1) is 37.4 Å². The number of imidazole rings is 2. The molecule has 55 heavy (non-hydrogen) atoms. The van der Waals surface area contributed by atoms with Gasteiger partial charge in [-0.05, 0) is 68.4 Å². The molecule has 0 fully saturated rings. The van der Waals surface area contributed by atoms with Crippen LogP contribution in [0.4, 0.5) is 0 Å². The molecule has 0 radical (unpaired) electrons. The van der Waals surface area contributed by atoms with E-state index in [0.717, 1.165) is 5.56 Å². The summed E-state index contributed by atoms with van der Waals surface area (Å²) in [6, 6.07) is 10.8. The third-order valence-electron chi connectivity index (χ3n) is 9.46. The van der Waals surface area contributed by atoms with Gasteiger partial charge in [-0.3, -0.25) is 9.59 Å². The lowest BCUT2D eigenvalue weighted by molar-refractivity contribution is 0.0518. The molecular weight excluding hydrogens is 721 g/mol. The van der Waals surface area contributed by atoms with Crippen molar-refractivity contribution in [1.29, 1.82) is 0 Å². The van der Waals surface area contributed by atoms with Crippen LogP contribution in [0.3, 0.4) is 0 Å². The highest BCUT2D eigenvalue weighted by Crippen LogP contribution is 2.37. The molecule has 0 saturated carbocycles. The molecule has 15 heteroatoms. The molecule has 6 rings (SSSR count). The summed E-state index contributed by atoms with van der Waals surface area (Å²) >= 11 is 0. The van der Waals surface area contributed by atoms with Crippen molar-refractivity contribution in [2.45, 2.75) is 77.0 Å². The molecule has 4 heterocycles. The Balaban J connectivity index is 0.000000218. The van der Waals surface area contributed by atoms with E-state index in [1.54, 1.807) is 37.5 Å². The lowest BCUT2D eigenvalue weighted by atomic mass is 10.1. The van der Waals surface area contributed by atoms with Gasteiger partial charge >= 0.3 is 0 Å². The average molecular weight is 769 g/mol. The second-order valence-electron chi connectivity index (χ2n) is 15.4. The zero-order valence-electron chi connectivity index (χ0n) is 32.2. The predicted molar refractivity (Wildman–Crippen MR) is 209 cm³/mol. The number of aliphatic hydroxyl groups excluding tert-OH is 1. The number of hydrogen-bond acceptors (Lipinski definition) is 10. The second kappa shape index (κ2) is 15.7. The summed E-state index contributed by atoms with van der Waals surface area (Å²) in [5, 5.41) is 29.6. The molecule has 7 N–H and O–H groups in total. The number of carbonyl (C=O) groups excluding carboxylic acids is 2. The maximum atomic E-state index is 11.5. The molecule has 290 valence electrons. The summed E-state index contributed by atoms with van der Waals surface area (Å²) in [6.07, 6.45) is 3.24. The summed E-state index contributed by atoms with van der Waals surface area (Å²) in [5.74, 6) is 12.7. The van der Waals surface area contributed by atoms with Crippen LogP contribution in [-0.2, 0) is 17.5 Å². The maximum Gasteiger partial charge on any atom is 0.268 e. The van der Waals surface area contributed by atoms with E-state index in [1.807, 2.05) is 27.3 Å². The first kappa shape index (κ1) is 40.8. The molecule has 0 saturated heterocycles. The van der Waals surface area contributed by atoms with E-state index in [0.29, 0.717) is 66.1 Å². The average Bonchev–Trinajstić information content (AvgIpc) is 3.66. The van der Waals surface area contributed by atoms with E-state index < -0.39 is 37.9 Å². The fraction of sp³-hybridized carbons (Fsp3) is 0.400. The SMILES string of the molecule is CC(O)(C#Cc1ccc2c(c1)-c1nc(C(N)=O)cn1CCO2)CO.CC(O)(C#Cc1ccc2c(c1)-c1nc(C(N)=O)cn1CCO2)CO[Si](C)(C)C(C)(C)C. The van der Waals surface area contributed by atoms with Crippen molar-refractivity contribution in [3.05, 3.63) is 71.3 Å². The van der Waals surface area contributed by atoms with Crippen LogP contribution in [0.15, 0.2) is 48.8 Å². The predicted octanol–water partition coefficient (Wildman–Crippen LogP) is 3.30. The lowest BCUT2D eigenvalue weighted by Gasteiger charge is -2.37. The Hall–Kier alpha value is -5.42. The number of benzene rings is 2. The molecule has 4 aromatic rings. The van der Waals surface area contributed by atoms with Gasteiger partial charge in [0.25, 0.3) is 11.8 Å². The summed E-state index contributed by atoms with van der Waals surface area (Å²) in [7, 11) is -1.99. The smallest absolute Gasteiger partial charge is 0.268 e. The Bertz CT molecular complexity index is 2230. The van der Waals surface area contributed by atoms with Gasteiger partial charge in [-0.25, -0.2) is 9.97 Å². The molecule has 0 aliphatic carbocycles. The van der Waals surface area contributed by atoms with E-state index >= 15 is 0 Å². The fourth-order valence-electron chi connectivity index (χ4n) is 5.19. The van der Waals surface area contributed by atoms with Crippen LogP contribution in [0.25, 0.3) is 22.8 Å². The van der Waals surface area contributed by atoms with Crippen LogP contribution in [0.5, 0.6) is 11.5 Å².